The summed E-state index contributed by atoms with van der Waals surface area (Å²) in [6.07, 6.45) is 13.3. The monoisotopic (exact) mass is 406 g/mol. The summed E-state index contributed by atoms with van der Waals surface area (Å²) < 4.78 is 0. The fourth-order valence-corrected chi connectivity index (χ4v) is 4.50. The Kier molecular flexibility index (Phi) is 6.51. The van der Waals surface area contributed by atoms with Gasteiger partial charge in [-0.05, 0) is 53.0 Å². The predicted molar refractivity (Wildman–Crippen MR) is 104 cm³/mol. The van der Waals surface area contributed by atoms with Gasteiger partial charge in [-0.25, -0.2) is 0 Å². The van der Waals surface area contributed by atoms with Gasteiger partial charge >= 0.3 is 0 Å². The molecule has 0 aliphatic heterocycles. The van der Waals surface area contributed by atoms with Gasteiger partial charge in [0.25, 0.3) is 0 Å². The molecule has 0 atom stereocenters. The summed E-state index contributed by atoms with van der Waals surface area (Å²) in [5.74, 6) is 0.937. The molecule has 0 aromatic heterocycles. The van der Waals surface area contributed by atoms with E-state index in [4.69, 9.17) is 0 Å². The quantitative estimate of drug-likeness (QED) is 0.521. The summed E-state index contributed by atoms with van der Waals surface area (Å²) >= 11 is 0. The average molecular weight is 408 g/mol. The molecule has 4 rings (SSSR count). The molecule has 2 aliphatic rings. The molecule has 1 fully saturated rings. The summed E-state index contributed by atoms with van der Waals surface area (Å²) in [6.45, 7) is 2.22. The van der Waals surface area contributed by atoms with Crippen molar-refractivity contribution in [2.45, 2.75) is 58.3 Å². The second-order valence-corrected chi connectivity index (χ2v) is 7.62. The van der Waals surface area contributed by atoms with Gasteiger partial charge in [0.1, 0.15) is 0 Å². The van der Waals surface area contributed by atoms with E-state index in [0.717, 1.165) is 12.3 Å². The molecular weight excluding hydrogens is 379 g/mol. The van der Waals surface area contributed by atoms with Crippen molar-refractivity contribution in [1.29, 1.82) is 0 Å². The van der Waals surface area contributed by atoms with E-state index in [1.54, 1.807) is 5.57 Å². The smallest absolute Gasteiger partial charge is 0 e. The van der Waals surface area contributed by atoms with E-state index in [-0.39, 0.29) is 26.2 Å². The molecule has 2 aromatic rings. The van der Waals surface area contributed by atoms with Crippen LogP contribution in [-0.4, -0.2) is 0 Å². The predicted octanol–water partition coefficient (Wildman–Crippen LogP) is 6.82. The zero-order chi connectivity index (χ0) is 16.4. The Morgan fingerprint density at radius 1 is 0.920 bits per heavy atom. The Hall–Kier alpha value is -0.937. The Bertz CT molecular complexity index is 733. The van der Waals surface area contributed by atoms with Crippen molar-refractivity contribution in [2.75, 3.05) is 0 Å². The van der Waals surface area contributed by atoms with Gasteiger partial charge in [0.15, 0.2) is 0 Å². The summed E-state index contributed by atoms with van der Waals surface area (Å²) in [5.41, 5.74) is 8.85. The minimum absolute atomic E-state index is 0. The van der Waals surface area contributed by atoms with Crippen LogP contribution in [0, 0.1) is 5.92 Å². The van der Waals surface area contributed by atoms with Crippen LogP contribution in [-0.2, 0) is 39.0 Å². The van der Waals surface area contributed by atoms with Crippen LogP contribution in [0.15, 0.2) is 48.0 Å². The first-order valence-corrected chi connectivity index (χ1v) is 9.74. The van der Waals surface area contributed by atoms with E-state index < -0.39 is 0 Å². The van der Waals surface area contributed by atoms with Gasteiger partial charge in [0, 0.05) is 26.2 Å². The van der Waals surface area contributed by atoms with Crippen LogP contribution in [0.25, 0.3) is 17.2 Å². The van der Waals surface area contributed by atoms with Crippen LogP contribution in [0.3, 0.4) is 0 Å². The van der Waals surface area contributed by atoms with Gasteiger partial charge in [-0.15, -0.1) is 0 Å². The molecule has 0 bridgehead atoms. The van der Waals surface area contributed by atoms with E-state index in [1.807, 2.05) is 0 Å². The molecule has 0 heterocycles. The number of hydrogen-bond acceptors (Lipinski definition) is 0. The zero-order valence-electron chi connectivity index (χ0n) is 15.4. The number of rotatable bonds is 4. The summed E-state index contributed by atoms with van der Waals surface area (Å²) in [6, 6.07) is 16.0. The van der Waals surface area contributed by atoms with Gasteiger partial charge in [-0.3, -0.25) is 0 Å². The maximum Gasteiger partial charge on any atom is 0 e. The van der Waals surface area contributed by atoms with Gasteiger partial charge in [-0.1, -0.05) is 93.1 Å². The molecule has 1 saturated carbocycles. The van der Waals surface area contributed by atoms with Crippen LogP contribution in [0.5, 0.6) is 0 Å². The van der Waals surface area contributed by atoms with Crippen molar-refractivity contribution in [2.24, 2.45) is 5.92 Å². The Morgan fingerprint density at radius 2 is 1.68 bits per heavy atom. The first-order valence-electron chi connectivity index (χ1n) is 9.74. The van der Waals surface area contributed by atoms with E-state index in [2.05, 4.69) is 55.5 Å². The molecule has 0 radical (unpaired) electrons. The SMILES string of the molecule is CCc1ccc(-c2cccc3c2C=C(CC2CCCCC2)C3)cc1.[Zr]. The van der Waals surface area contributed by atoms with Gasteiger partial charge in [0.2, 0.25) is 0 Å². The summed E-state index contributed by atoms with van der Waals surface area (Å²) in [4.78, 5) is 0. The number of benzene rings is 2. The Labute approximate surface area is 171 Å². The molecule has 128 valence electrons. The fraction of sp³-hybridized carbons (Fsp3) is 0.417. The second-order valence-electron chi connectivity index (χ2n) is 7.62. The maximum atomic E-state index is 2.51. The van der Waals surface area contributed by atoms with E-state index >= 15 is 0 Å². The zero-order valence-corrected chi connectivity index (χ0v) is 17.8. The van der Waals surface area contributed by atoms with Crippen molar-refractivity contribution in [3.05, 3.63) is 64.7 Å². The molecule has 0 N–H and O–H groups in total. The maximum absolute atomic E-state index is 2.51. The number of allylic oxidation sites excluding steroid dienone is 1. The van der Waals surface area contributed by atoms with Crippen LogP contribution in [0.4, 0.5) is 0 Å². The standard InChI is InChI=1S/C24H28.Zr/c1-2-18-11-13-21(14-12-18)23-10-6-9-22-16-20(17-24(22)23)15-19-7-4-3-5-8-19;/h6,9-14,17,19H,2-5,7-8,15-16H2,1H3;. The Morgan fingerprint density at radius 3 is 2.40 bits per heavy atom. The minimum atomic E-state index is 0. The van der Waals surface area contributed by atoms with Crippen LogP contribution in [0.1, 0.15) is 62.1 Å². The molecule has 0 saturated heterocycles. The number of aryl methyl sites for hydroxylation is 1. The van der Waals surface area contributed by atoms with Crippen molar-refractivity contribution < 1.29 is 26.2 Å². The Balaban J connectivity index is 0.00000182. The van der Waals surface area contributed by atoms with Gasteiger partial charge < -0.3 is 0 Å². The number of fused-ring (bicyclic) bond motifs is 1. The molecule has 1 heteroatoms. The summed E-state index contributed by atoms with van der Waals surface area (Å²) in [7, 11) is 0. The van der Waals surface area contributed by atoms with Gasteiger partial charge in [0.05, 0.1) is 0 Å². The van der Waals surface area contributed by atoms with Crippen molar-refractivity contribution in [3.8, 4) is 11.1 Å². The average Bonchev–Trinajstić information content (AvgIpc) is 3.05. The first-order chi connectivity index (χ1) is 11.8. The van der Waals surface area contributed by atoms with E-state index in [1.165, 1.54) is 72.8 Å². The third-order valence-corrected chi connectivity index (χ3v) is 5.91. The molecule has 0 spiro atoms. The molecular formula is C24H28Zr. The second kappa shape index (κ2) is 8.63. The molecule has 2 aliphatic carbocycles. The third kappa shape index (κ3) is 4.25. The van der Waals surface area contributed by atoms with Crippen molar-refractivity contribution >= 4 is 6.08 Å². The topological polar surface area (TPSA) is 0 Å². The molecule has 0 nitrogen and oxygen atoms in total. The van der Waals surface area contributed by atoms with Crippen LogP contribution < -0.4 is 0 Å². The minimum Gasteiger partial charge on any atom is -0.0649 e. The van der Waals surface area contributed by atoms with Crippen LogP contribution >= 0.6 is 0 Å². The van der Waals surface area contributed by atoms with E-state index in [0.29, 0.717) is 0 Å². The first kappa shape index (κ1) is 18.8. The molecule has 25 heavy (non-hydrogen) atoms. The molecule has 0 unspecified atom stereocenters. The van der Waals surface area contributed by atoms with E-state index in [9.17, 15) is 0 Å². The van der Waals surface area contributed by atoms with Crippen molar-refractivity contribution in [3.63, 3.8) is 0 Å². The van der Waals surface area contributed by atoms with Crippen LogP contribution in [0.2, 0.25) is 0 Å². The largest absolute Gasteiger partial charge is 0.0649 e. The van der Waals surface area contributed by atoms with Gasteiger partial charge in [-0.2, -0.15) is 0 Å². The fourth-order valence-electron chi connectivity index (χ4n) is 4.50. The normalized spacial score (nSPS) is 16.9. The molecule has 0 amide bonds. The third-order valence-electron chi connectivity index (χ3n) is 5.91. The number of hydrogen-bond donors (Lipinski definition) is 0. The van der Waals surface area contributed by atoms with Crippen molar-refractivity contribution in [1.82, 2.24) is 0 Å². The molecule has 2 aromatic carbocycles. The summed E-state index contributed by atoms with van der Waals surface area (Å²) in [5, 5.41) is 0.